The van der Waals surface area contributed by atoms with Crippen LogP contribution in [-0.4, -0.2) is 25.2 Å². The summed E-state index contributed by atoms with van der Waals surface area (Å²) in [4.78, 5) is 12.0. The van der Waals surface area contributed by atoms with E-state index in [2.05, 4.69) is 5.32 Å². The third-order valence-corrected chi connectivity index (χ3v) is 3.87. The van der Waals surface area contributed by atoms with Gasteiger partial charge in [-0.1, -0.05) is 29.3 Å². The lowest BCUT2D eigenvalue weighted by atomic mass is 10.1. The molecule has 1 N–H and O–H groups in total. The fourth-order valence-corrected chi connectivity index (χ4v) is 2.33. The number of amides is 1. The highest BCUT2D eigenvalue weighted by Crippen LogP contribution is 2.23. The maximum absolute atomic E-state index is 12.0. The Balaban J connectivity index is 2.03. The lowest BCUT2D eigenvalue weighted by Gasteiger charge is -2.10. The summed E-state index contributed by atoms with van der Waals surface area (Å²) in [6.07, 6.45) is 3.45. The molecule has 1 aromatic carbocycles. The number of hydrogen-bond acceptors (Lipinski definition) is 3. The summed E-state index contributed by atoms with van der Waals surface area (Å²) >= 11 is 11.7. The summed E-state index contributed by atoms with van der Waals surface area (Å²) in [5, 5.41) is 12.6. The topological polar surface area (TPSA) is 62.1 Å². The summed E-state index contributed by atoms with van der Waals surface area (Å²) in [5.41, 5.74) is 0.666. The van der Waals surface area contributed by atoms with Crippen LogP contribution in [0.15, 0.2) is 23.8 Å². The molecule has 4 nitrogen and oxygen atoms in total. The van der Waals surface area contributed by atoms with Gasteiger partial charge in [0.25, 0.3) is 5.91 Å². The highest BCUT2D eigenvalue weighted by molar-refractivity contribution is 6.42. The Labute approximate surface area is 133 Å². The van der Waals surface area contributed by atoms with E-state index >= 15 is 0 Å². The third kappa shape index (κ3) is 4.47. The Kier molecular flexibility index (Phi) is 5.63. The summed E-state index contributed by atoms with van der Waals surface area (Å²) in [6.45, 7) is 1.14. The number of carbonyl (C=O) groups excluding carboxylic acids is 1. The smallest absolute Gasteiger partial charge is 0.262 e. The largest absolute Gasteiger partial charge is 0.376 e. The zero-order valence-electron chi connectivity index (χ0n) is 11.2. The van der Waals surface area contributed by atoms with Crippen LogP contribution in [0.1, 0.15) is 18.4 Å². The highest BCUT2D eigenvalue weighted by atomic mass is 35.5. The van der Waals surface area contributed by atoms with Gasteiger partial charge in [-0.25, -0.2) is 0 Å². The number of nitrogens with one attached hydrogen (secondary N) is 1. The molecule has 1 heterocycles. The Morgan fingerprint density at radius 1 is 1.48 bits per heavy atom. The summed E-state index contributed by atoms with van der Waals surface area (Å²) < 4.78 is 5.41. The maximum Gasteiger partial charge on any atom is 0.262 e. The van der Waals surface area contributed by atoms with Crippen LogP contribution in [0.5, 0.6) is 0 Å². The van der Waals surface area contributed by atoms with Gasteiger partial charge in [0.1, 0.15) is 11.6 Å². The minimum atomic E-state index is -0.418. The van der Waals surface area contributed by atoms with Crippen molar-refractivity contribution < 1.29 is 9.53 Å². The molecule has 2 rings (SSSR count). The zero-order chi connectivity index (χ0) is 15.2. The van der Waals surface area contributed by atoms with Crippen molar-refractivity contribution in [3.05, 3.63) is 39.4 Å². The molecule has 6 heteroatoms. The standard InChI is InChI=1S/C15H14Cl2N2O2/c16-13-4-3-10(7-14(13)17)6-11(8-18)15(20)19-9-12-2-1-5-21-12/h3-4,6-7,12H,1-2,5,9H2,(H,19,20)/b11-6+/t12-/m0/s1. The molecule has 0 saturated carbocycles. The Hall–Kier alpha value is -1.54. The van der Waals surface area contributed by atoms with Crippen LogP contribution in [0.2, 0.25) is 10.0 Å². The molecule has 0 unspecified atom stereocenters. The number of halogens is 2. The number of ether oxygens (including phenoxy) is 1. The van der Waals surface area contributed by atoms with Gasteiger partial charge in [-0.2, -0.15) is 5.26 Å². The molecule has 1 amide bonds. The van der Waals surface area contributed by atoms with Crippen LogP contribution in [-0.2, 0) is 9.53 Å². The maximum atomic E-state index is 12.0. The van der Waals surface area contributed by atoms with E-state index in [1.807, 2.05) is 6.07 Å². The SMILES string of the molecule is N#C/C(=C\c1ccc(Cl)c(Cl)c1)C(=O)NC[C@@H]1CCCO1. The first-order valence-electron chi connectivity index (χ1n) is 6.57. The van der Waals surface area contributed by atoms with Crippen LogP contribution in [0.3, 0.4) is 0 Å². The van der Waals surface area contributed by atoms with Crippen molar-refractivity contribution in [1.29, 1.82) is 5.26 Å². The van der Waals surface area contributed by atoms with E-state index < -0.39 is 5.91 Å². The van der Waals surface area contributed by atoms with Crippen molar-refractivity contribution in [2.24, 2.45) is 0 Å². The lowest BCUT2D eigenvalue weighted by Crippen LogP contribution is -2.32. The molecule has 0 spiro atoms. The molecule has 0 aliphatic carbocycles. The molecular weight excluding hydrogens is 311 g/mol. The van der Waals surface area contributed by atoms with Crippen LogP contribution in [0.4, 0.5) is 0 Å². The average molecular weight is 325 g/mol. The van der Waals surface area contributed by atoms with Gasteiger partial charge in [-0.15, -0.1) is 0 Å². The molecule has 0 bridgehead atoms. The molecule has 1 aromatic rings. The normalized spacial score (nSPS) is 18.3. The van der Waals surface area contributed by atoms with Crippen LogP contribution in [0, 0.1) is 11.3 Å². The number of rotatable bonds is 4. The first-order chi connectivity index (χ1) is 10.1. The second-order valence-electron chi connectivity index (χ2n) is 4.69. The van der Waals surface area contributed by atoms with Gasteiger partial charge in [0, 0.05) is 13.2 Å². The molecule has 110 valence electrons. The molecule has 21 heavy (non-hydrogen) atoms. The minimum Gasteiger partial charge on any atom is -0.376 e. The fourth-order valence-electron chi connectivity index (χ4n) is 2.02. The van der Waals surface area contributed by atoms with Crippen molar-refractivity contribution in [3.63, 3.8) is 0 Å². The van der Waals surface area contributed by atoms with Gasteiger partial charge in [-0.3, -0.25) is 4.79 Å². The van der Waals surface area contributed by atoms with Crippen molar-refractivity contribution in [2.45, 2.75) is 18.9 Å². The minimum absolute atomic E-state index is 0.0198. The third-order valence-electron chi connectivity index (χ3n) is 3.13. The van der Waals surface area contributed by atoms with Crippen LogP contribution < -0.4 is 5.32 Å². The number of nitriles is 1. The van der Waals surface area contributed by atoms with Gasteiger partial charge in [-0.05, 0) is 36.6 Å². The second-order valence-corrected chi connectivity index (χ2v) is 5.50. The van der Waals surface area contributed by atoms with Gasteiger partial charge in [0.15, 0.2) is 0 Å². The Morgan fingerprint density at radius 3 is 2.90 bits per heavy atom. The number of nitrogens with zero attached hydrogens (tertiary/aromatic N) is 1. The van der Waals surface area contributed by atoms with Crippen molar-refractivity contribution in [1.82, 2.24) is 5.32 Å². The van der Waals surface area contributed by atoms with E-state index in [1.165, 1.54) is 6.08 Å². The van der Waals surface area contributed by atoms with Gasteiger partial charge < -0.3 is 10.1 Å². The predicted octanol–water partition coefficient (Wildman–Crippen LogP) is 3.20. The van der Waals surface area contributed by atoms with E-state index in [-0.39, 0.29) is 11.7 Å². The predicted molar refractivity (Wildman–Crippen MR) is 82.0 cm³/mol. The second kappa shape index (κ2) is 7.46. The van der Waals surface area contributed by atoms with Crippen LogP contribution in [0.25, 0.3) is 6.08 Å². The Bertz CT molecular complexity index is 602. The molecule has 0 aromatic heterocycles. The fraction of sp³-hybridized carbons (Fsp3) is 0.333. The van der Waals surface area contributed by atoms with Crippen molar-refractivity contribution in [3.8, 4) is 6.07 Å². The average Bonchev–Trinajstić information content (AvgIpc) is 2.99. The van der Waals surface area contributed by atoms with Crippen molar-refractivity contribution in [2.75, 3.05) is 13.2 Å². The Morgan fingerprint density at radius 2 is 2.29 bits per heavy atom. The quantitative estimate of drug-likeness (QED) is 0.683. The zero-order valence-corrected chi connectivity index (χ0v) is 12.7. The molecule has 0 radical (unpaired) electrons. The van der Waals surface area contributed by atoms with E-state index in [9.17, 15) is 4.79 Å². The summed E-state index contributed by atoms with van der Waals surface area (Å²) in [5.74, 6) is -0.418. The first-order valence-corrected chi connectivity index (χ1v) is 7.32. The van der Waals surface area contributed by atoms with E-state index in [0.29, 0.717) is 22.2 Å². The van der Waals surface area contributed by atoms with Crippen LogP contribution >= 0.6 is 23.2 Å². The molecule has 1 atom stereocenters. The van der Waals surface area contributed by atoms with E-state index in [4.69, 9.17) is 33.2 Å². The number of benzene rings is 1. The lowest BCUT2D eigenvalue weighted by molar-refractivity contribution is -0.117. The highest BCUT2D eigenvalue weighted by Gasteiger charge is 2.17. The number of carbonyl (C=O) groups is 1. The summed E-state index contributed by atoms with van der Waals surface area (Å²) in [6, 6.07) is 6.81. The molecule has 1 saturated heterocycles. The molecular formula is C15H14Cl2N2O2. The molecule has 1 aliphatic heterocycles. The van der Waals surface area contributed by atoms with Gasteiger partial charge >= 0.3 is 0 Å². The van der Waals surface area contributed by atoms with E-state index in [0.717, 1.165) is 19.4 Å². The van der Waals surface area contributed by atoms with Gasteiger partial charge in [0.05, 0.1) is 16.1 Å². The monoisotopic (exact) mass is 324 g/mol. The molecule has 1 aliphatic rings. The number of hydrogen-bond donors (Lipinski definition) is 1. The first kappa shape index (κ1) is 15.8. The van der Waals surface area contributed by atoms with Crippen molar-refractivity contribution >= 4 is 35.2 Å². The molecule has 1 fully saturated rings. The van der Waals surface area contributed by atoms with E-state index in [1.54, 1.807) is 18.2 Å². The van der Waals surface area contributed by atoms with Gasteiger partial charge in [0.2, 0.25) is 0 Å². The summed E-state index contributed by atoms with van der Waals surface area (Å²) in [7, 11) is 0.